The Balaban J connectivity index is 2.65. The number of rotatable bonds is 3. The van der Waals surface area contributed by atoms with Crippen LogP contribution in [0.3, 0.4) is 0 Å². The summed E-state index contributed by atoms with van der Waals surface area (Å²) in [6, 6.07) is 1.77. The number of H-pyrrole nitrogens is 2. The molecule has 2 N–H and O–H groups in total. The van der Waals surface area contributed by atoms with Crippen LogP contribution in [0.4, 0.5) is 0 Å². The lowest BCUT2D eigenvalue weighted by Gasteiger charge is -2.02. The minimum Gasteiger partial charge on any atom is -0.353 e. The SMILES string of the molecule is CCCCn1c(=O)[nH]c2cc(C)[nH]c2c1=O. The zero-order valence-corrected chi connectivity index (χ0v) is 9.46. The lowest BCUT2D eigenvalue weighted by molar-refractivity contribution is 0.588. The Labute approximate surface area is 92.1 Å². The highest BCUT2D eigenvalue weighted by Crippen LogP contribution is 2.05. The Morgan fingerprint density at radius 3 is 2.75 bits per heavy atom. The number of aryl methyl sites for hydroxylation is 1. The third kappa shape index (κ3) is 1.68. The molecule has 5 heteroatoms. The minimum absolute atomic E-state index is 0.236. The van der Waals surface area contributed by atoms with Gasteiger partial charge in [0.25, 0.3) is 5.56 Å². The van der Waals surface area contributed by atoms with E-state index < -0.39 is 0 Å². The topological polar surface area (TPSA) is 70.7 Å². The van der Waals surface area contributed by atoms with E-state index in [2.05, 4.69) is 9.97 Å². The molecule has 0 aromatic carbocycles. The number of nitrogens with zero attached hydrogens (tertiary/aromatic N) is 1. The van der Waals surface area contributed by atoms with Gasteiger partial charge in [0.15, 0.2) is 0 Å². The molecular weight excluding hydrogens is 206 g/mol. The van der Waals surface area contributed by atoms with E-state index in [-0.39, 0.29) is 11.2 Å². The Kier molecular flexibility index (Phi) is 2.68. The maximum atomic E-state index is 12.0. The Morgan fingerprint density at radius 1 is 1.31 bits per heavy atom. The van der Waals surface area contributed by atoms with Crippen LogP contribution in [0.1, 0.15) is 25.5 Å². The molecule has 0 aliphatic carbocycles. The molecule has 0 saturated heterocycles. The summed E-state index contributed by atoms with van der Waals surface area (Å²) in [5.74, 6) is 0. The molecule has 0 aliphatic heterocycles. The minimum atomic E-state index is -0.329. The number of aromatic nitrogens is 3. The van der Waals surface area contributed by atoms with E-state index in [4.69, 9.17) is 0 Å². The average Bonchev–Trinajstić information content (AvgIpc) is 2.59. The van der Waals surface area contributed by atoms with Crippen LogP contribution in [0, 0.1) is 6.92 Å². The van der Waals surface area contributed by atoms with Crippen LogP contribution in [0.5, 0.6) is 0 Å². The molecule has 0 bridgehead atoms. The van der Waals surface area contributed by atoms with Gasteiger partial charge in [0.1, 0.15) is 5.52 Å². The zero-order valence-electron chi connectivity index (χ0n) is 9.46. The molecule has 2 rings (SSSR count). The molecular formula is C11H15N3O2. The Morgan fingerprint density at radius 2 is 2.06 bits per heavy atom. The van der Waals surface area contributed by atoms with Gasteiger partial charge in [-0.25, -0.2) is 4.79 Å². The normalized spacial score (nSPS) is 11.1. The van der Waals surface area contributed by atoms with Crippen LogP contribution in [0.2, 0.25) is 0 Å². The predicted molar refractivity (Wildman–Crippen MR) is 62.8 cm³/mol. The molecule has 0 saturated carbocycles. The van der Waals surface area contributed by atoms with Crippen LogP contribution < -0.4 is 11.2 Å². The maximum Gasteiger partial charge on any atom is 0.328 e. The van der Waals surface area contributed by atoms with Gasteiger partial charge >= 0.3 is 5.69 Å². The van der Waals surface area contributed by atoms with Gasteiger partial charge in [-0.2, -0.15) is 0 Å². The van der Waals surface area contributed by atoms with Gasteiger partial charge in [0.05, 0.1) is 5.52 Å². The summed E-state index contributed by atoms with van der Waals surface area (Å²) in [5, 5.41) is 0. The molecule has 2 heterocycles. The lowest BCUT2D eigenvalue weighted by atomic mass is 10.3. The first-order valence-corrected chi connectivity index (χ1v) is 5.46. The van der Waals surface area contributed by atoms with Crippen molar-refractivity contribution in [3.63, 3.8) is 0 Å². The molecule has 2 aromatic heterocycles. The van der Waals surface area contributed by atoms with Crippen molar-refractivity contribution in [3.05, 3.63) is 32.6 Å². The second-order valence-electron chi connectivity index (χ2n) is 3.98. The molecule has 0 aliphatic rings. The zero-order chi connectivity index (χ0) is 11.7. The molecule has 2 aromatic rings. The molecule has 0 fully saturated rings. The van der Waals surface area contributed by atoms with Crippen molar-refractivity contribution in [2.24, 2.45) is 0 Å². The van der Waals surface area contributed by atoms with Crippen molar-refractivity contribution in [1.82, 2.24) is 14.5 Å². The van der Waals surface area contributed by atoms with E-state index in [9.17, 15) is 9.59 Å². The summed E-state index contributed by atoms with van der Waals surface area (Å²) in [6.07, 6.45) is 1.78. The summed E-state index contributed by atoms with van der Waals surface area (Å²) in [5.41, 5.74) is 1.37. The summed E-state index contributed by atoms with van der Waals surface area (Å²) >= 11 is 0. The predicted octanol–water partition coefficient (Wildman–Crippen LogP) is 1.13. The summed E-state index contributed by atoms with van der Waals surface area (Å²) in [4.78, 5) is 29.3. The van der Waals surface area contributed by atoms with Crippen LogP contribution >= 0.6 is 0 Å². The number of aromatic amines is 2. The highest BCUT2D eigenvalue weighted by molar-refractivity contribution is 5.74. The molecule has 86 valence electrons. The highest BCUT2D eigenvalue weighted by Gasteiger charge is 2.08. The van der Waals surface area contributed by atoms with Crippen molar-refractivity contribution in [3.8, 4) is 0 Å². The number of nitrogens with one attached hydrogen (secondary N) is 2. The molecule has 0 radical (unpaired) electrons. The maximum absolute atomic E-state index is 12.0. The monoisotopic (exact) mass is 221 g/mol. The molecule has 0 atom stereocenters. The van der Waals surface area contributed by atoms with Gasteiger partial charge in [0, 0.05) is 12.2 Å². The van der Waals surface area contributed by atoms with Crippen LogP contribution in [0.25, 0.3) is 11.0 Å². The Hall–Kier alpha value is -1.78. The molecule has 5 nitrogen and oxygen atoms in total. The van der Waals surface area contributed by atoms with E-state index >= 15 is 0 Å². The van der Waals surface area contributed by atoms with Crippen LogP contribution in [-0.2, 0) is 6.54 Å². The molecule has 0 spiro atoms. The smallest absolute Gasteiger partial charge is 0.328 e. The quantitative estimate of drug-likeness (QED) is 0.815. The molecule has 16 heavy (non-hydrogen) atoms. The number of fused-ring (bicyclic) bond motifs is 1. The largest absolute Gasteiger partial charge is 0.353 e. The average molecular weight is 221 g/mol. The second-order valence-corrected chi connectivity index (χ2v) is 3.98. The van der Waals surface area contributed by atoms with E-state index in [1.807, 2.05) is 13.8 Å². The molecule has 0 amide bonds. The van der Waals surface area contributed by atoms with E-state index in [0.29, 0.717) is 17.6 Å². The van der Waals surface area contributed by atoms with Crippen molar-refractivity contribution in [2.75, 3.05) is 0 Å². The first kappa shape index (κ1) is 10.7. The van der Waals surface area contributed by atoms with E-state index in [1.54, 1.807) is 6.07 Å². The standard InChI is InChI=1S/C11H15N3O2/c1-3-4-5-14-10(15)9-8(13-11(14)16)6-7(2)12-9/h6,12H,3-5H2,1-2H3,(H,13,16). The van der Waals surface area contributed by atoms with Gasteiger partial charge in [-0.15, -0.1) is 0 Å². The van der Waals surface area contributed by atoms with Gasteiger partial charge in [-0.05, 0) is 19.4 Å². The fourth-order valence-electron chi connectivity index (χ4n) is 1.79. The first-order chi connectivity index (χ1) is 7.63. The fourth-order valence-corrected chi connectivity index (χ4v) is 1.79. The van der Waals surface area contributed by atoms with Gasteiger partial charge in [0.2, 0.25) is 0 Å². The van der Waals surface area contributed by atoms with Crippen molar-refractivity contribution < 1.29 is 0 Å². The second kappa shape index (κ2) is 4.00. The lowest BCUT2D eigenvalue weighted by Crippen LogP contribution is -2.34. The van der Waals surface area contributed by atoms with E-state index in [1.165, 1.54) is 4.57 Å². The van der Waals surface area contributed by atoms with Crippen molar-refractivity contribution >= 4 is 11.0 Å². The van der Waals surface area contributed by atoms with Crippen LogP contribution in [0.15, 0.2) is 15.7 Å². The van der Waals surface area contributed by atoms with Gasteiger partial charge < -0.3 is 9.97 Å². The summed E-state index contributed by atoms with van der Waals surface area (Å²) in [6.45, 7) is 4.35. The number of hydrogen-bond acceptors (Lipinski definition) is 2. The molecule has 0 unspecified atom stereocenters. The Bertz CT molecular complexity index is 618. The van der Waals surface area contributed by atoms with Crippen molar-refractivity contribution in [1.29, 1.82) is 0 Å². The summed E-state index contributed by atoms with van der Waals surface area (Å²) in [7, 11) is 0. The number of unbranched alkanes of at least 4 members (excludes halogenated alkanes) is 1. The van der Waals surface area contributed by atoms with E-state index in [0.717, 1.165) is 18.5 Å². The third-order valence-corrected chi connectivity index (χ3v) is 2.63. The highest BCUT2D eigenvalue weighted by atomic mass is 16.2. The fraction of sp³-hybridized carbons (Fsp3) is 0.455. The first-order valence-electron chi connectivity index (χ1n) is 5.46. The van der Waals surface area contributed by atoms with Gasteiger partial charge in [-0.3, -0.25) is 9.36 Å². The number of hydrogen-bond donors (Lipinski definition) is 2. The van der Waals surface area contributed by atoms with Crippen LogP contribution in [-0.4, -0.2) is 14.5 Å². The summed E-state index contributed by atoms with van der Waals surface area (Å²) < 4.78 is 1.25. The van der Waals surface area contributed by atoms with Crippen molar-refractivity contribution in [2.45, 2.75) is 33.2 Å². The van der Waals surface area contributed by atoms with Gasteiger partial charge in [-0.1, -0.05) is 13.3 Å². The third-order valence-electron chi connectivity index (χ3n) is 2.63.